The van der Waals surface area contributed by atoms with Crippen LogP contribution >= 0.6 is 0 Å². The number of nitrogens with one attached hydrogen (secondary N) is 1. The molecule has 0 fully saturated rings. The van der Waals surface area contributed by atoms with Crippen LogP contribution in [0.25, 0.3) is 0 Å². The third-order valence-electron chi connectivity index (χ3n) is 2.62. The van der Waals surface area contributed by atoms with Gasteiger partial charge in [-0.05, 0) is 36.6 Å². The van der Waals surface area contributed by atoms with E-state index >= 15 is 0 Å². The average Bonchev–Trinajstić information content (AvgIpc) is 2.80. The lowest BCUT2D eigenvalue weighted by atomic mass is 10.1. The highest BCUT2D eigenvalue weighted by Crippen LogP contribution is 2.11. The van der Waals surface area contributed by atoms with Gasteiger partial charge in [0.15, 0.2) is 0 Å². The summed E-state index contributed by atoms with van der Waals surface area (Å²) < 4.78 is 18.1. The maximum absolute atomic E-state index is 12.9. The SMILES string of the molecule is Cc1cc(F)ccc1CCNc1nnc(CN)o1. The number of aryl methyl sites for hydroxylation is 1. The summed E-state index contributed by atoms with van der Waals surface area (Å²) in [7, 11) is 0. The summed E-state index contributed by atoms with van der Waals surface area (Å²) in [6.07, 6.45) is 0.756. The largest absolute Gasteiger partial charge is 0.407 e. The molecular weight excluding hydrogens is 235 g/mol. The summed E-state index contributed by atoms with van der Waals surface area (Å²) in [6, 6.07) is 5.12. The molecule has 3 N–H and O–H groups in total. The van der Waals surface area contributed by atoms with E-state index in [1.54, 1.807) is 6.07 Å². The Bertz CT molecular complexity index is 527. The topological polar surface area (TPSA) is 77.0 Å². The molecule has 0 radical (unpaired) electrons. The van der Waals surface area contributed by atoms with Crippen LogP contribution in [0.15, 0.2) is 22.6 Å². The van der Waals surface area contributed by atoms with Gasteiger partial charge < -0.3 is 15.5 Å². The van der Waals surface area contributed by atoms with Crippen molar-refractivity contribution in [1.29, 1.82) is 0 Å². The second kappa shape index (κ2) is 5.59. The Morgan fingerprint density at radius 1 is 1.39 bits per heavy atom. The molecule has 0 aliphatic carbocycles. The molecule has 0 saturated heterocycles. The smallest absolute Gasteiger partial charge is 0.315 e. The number of nitrogens with zero attached hydrogens (tertiary/aromatic N) is 2. The van der Waals surface area contributed by atoms with Crippen LogP contribution in [-0.2, 0) is 13.0 Å². The summed E-state index contributed by atoms with van der Waals surface area (Å²) in [6.45, 7) is 2.75. The highest BCUT2D eigenvalue weighted by atomic mass is 19.1. The van der Waals surface area contributed by atoms with Crippen molar-refractivity contribution in [2.75, 3.05) is 11.9 Å². The summed E-state index contributed by atoms with van der Waals surface area (Å²) >= 11 is 0. The quantitative estimate of drug-likeness (QED) is 0.843. The summed E-state index contributed by atoms with van der Waals surface area (Å²) in [5.74, 6) is 0.184. The normalized spacial score (nSPS) is 10.6. The third-order valence-corrected chi connectivity index (χ3v) is 2.62. The fourth-order valence-corrected chi connectivity index (χ4v) is 1.65. The first kappa shape index (κ1) is 12.5. The van der Waals surface area contributed by atoms with Crippen LogP contribution in [0.2, 0.25) is 0 Å². The van der Waals surface area contributed by atoms with Gasteiger partial charge >= 0.3 is 6.01 Å². The van der Waals surface area contributed by atoms with Crippen molar-refractivity contribution in [1.82, 2.24) is 10.2 Å². The molecule has 0 unspecified atom stereocenters. The van der Waals surface area contributed by atoms with Crippen molar-refractivity contribution in [2.24, 2.45) is 5.73 Å². The van der Waals surface area contributed by atoms with Gasteiger partial charge in [0.25, 0.3) is 0 Å². The van der Waals surface area contributed by atoms with E-state index in [0.29, 0.717) is 18.5 Å². The van der Waals surface area contributed by atoms with E-state index < -0.39 is 0 Å². The molecule has 2 rings (SSSR count). The Kier molecular flexibility index (Phi) is 3.88. The summed E-state index contributed by atoms with van der Waals surface area (Å²) in [5, 5.41) is 10.5. The minimum Gasteiger partial charge on any atom is -0.407 e. The molecule has 0 saturated carbocycles. The van der Waals surface area contributed by atoms with Crippen LogP contribution < -0.4 is 11.1 Å². The van der Waals surface area contributed by atoms with Crippen LogP contribution in [0.4, 0.5) is 10.4 Å². The molecule has 2 aromatic rings. The van der Waals surface area contributed by atoms with Crippen molar-refractivity contribution < 1.29 is 8.81 Å². The first-order valence-electron chi connectivity index (χ1n) is 5.70. The van der Waals surface area contributed by atoms with Gasteiger partial charge in [-0.1, -0.05) is 11.2 Å². The fraction of sp³-hybridized carbons (Fsp3) is 0.333. The number of aromatic nitrogens is 2. The van der Waals surface area contributed by atoms with Crippen LogP contribution in [0.1, 0.15) is 17.0 Å². The highest BCUT2D eigenvalue weighted by Gasteiger charge is 2.04. The van der Waals surface area contributed by atoms with E-state index in [-0.39, 0.29) is 12.4 Å². The average molecular weight is 250 g/mol. The zero-order valence-corrected chi connectivity index (χ0v) is 10.1. The molecule has 18 heavy (non-hydrogen) atoms. The van der Waals surface area contributed by atoms with E-state index in [1.807, 2.05) is 6.92 Å². The van der Waals surface area contributed by atoms with E-state index in [4.69, 9.17) is 10.2 Å². The van der Waals surface area contributed by atoms with Gasteiger partial charge in [-0.15, -0.1) is 5.10 Å². The lowest BCUT2D eigenvalue weighted by Crippen LogP contribution is -2.06. The summed E-state index contributed by atoms with van der Waals surface area (Å²) in [5.41, 5.74) is 7.38. The minimum absolute atomic E-state index is 0.214. The first-order valence-corrected chi connectivity index (χ1v) is 5.70. The molecule has 1 aromatic heterocycles. The molecule has 0 amide bonds. The zero-order valence-electron chi connectivity index (χ0n) is 10.1. The van der Waals surface area contributed by atoms with Gasteiger partial charge in [0.05, 0.1) is 6.54 Å². The number of halogens is 1. The van der Waals surface area contributed by atoms with E-state index in [1.165, 1.54) is 12.1 Å². The second-order valence-corrected chi connectivity index (χ2v) is 3.95. The fourth-order valence-electron chi connectivity index (χ4n) is 1.65. The molecule has 1 aromatic carbocycles. The number of hydrogen-bond acceptors (Lipinski definition) is 5. The number of benzene rings is 1. The lowest BCUT2D eigenvalue weighted by Gasteiger charge is -2.05. The van der Waals surface area contributed by atoms with Gasteiger partial charge in [-0.3, -0.25) is 0 Å². The van der Waals surface area contributed by atoms with Crippen molar-refractivity contribution >= 4 is 6.01 Å². The van der Waals surface area contributed by atoms with Crippen LogP contribution in [-0.4, -0.2) is 16.7 Å². The van der Waals surface area contributed by atoms with Gasteiger partial charge in [-0.25, -0.2) is 4.39 Å². The Labute approximate surface area is 104 Å². The molecular formula is C12H15FN4O. The van der Waals surface area contributed by atoms with Gasteiger partial charge in [0.2, 0.25) is 5.89 Å². The van der Waals surface area contributed by atoms with Crippen molar-refractivity contribution in [2.45, 2.75) is 19.9 Å². The lowest BCUT2D eigenvalue weighted by molar-refractivity contribution is 0.507. The standard InChI is InChI=1S/C12H15FN4O/c1-8-6-10(13)3-2-9(8)4-5-15-12-17-16-11(7-14)18-12/h2-3,6H,4-5,7,14H2,1H3,(H,15,17). The van der Waals surface area contributed by atoms with Crippen LogP contribution in [0.5, 0.6) is 0 Å². The first-order chi connectivity index (χ1) is 8.69. The molecule has 5 nitrogen and oxygen atoms in total. The minimum atomic E-state index is -0.214. The Balaban J connectivity index is 1.88. The monoisotopic (exact) mass is 250 g/mol. The molecule has 0 aliphatic rings. The Morgan fingerprint density at radius 2 is 2.22 bits per heavy atom. The van der Waals surface area contributed by atoms with Gasteiger partial charge in [0, 0.05) is 6.54 Å². The molecule has 96 valence electrons. The molecule has 0 spiro atoms. The third kappa shape index (κ3) is 3.04. The van der Waals surface area contributed by atoms with Crippen molar-refractivity contribution in [3.05, 3.63) is 41.0 Å². The molecule has 0 bridgehead atoms. The number of rotatable bonds is 5. The number of hydrogen-bond donors (Lipinski definition) is 2. The van der Waals surface area contributed by atoms with Crippen molar-refractivity contribution in [3.63, 3.8) is 0 Å². The van der Waals surface area contributed by atoms with E-state index in [2.05, 4.69) is 15.5 Å². The van der Waals surface area contributed by atoms with Crippen molar-refractivity contribution in [3.8, 4) is 0 Å². The predicted molar refractivity (Wildman–Crippen MR) is 65.5 cm³/mol. The van der Waals surface area contributed by atoms with Gasteiger partial charge in [0.1, 0.15) is 5.82 Å². The maximum Gasteiger partial charge on any atom is 0.315 e. The zero-order chi connectivity index (χ0) is 13.0. The Hall–Kier alpha value is -1.95. The summed E-state index contributed by atoms with van der Waals surface area (Å²) in [4.78, 5) is 0. The molecule has 0 atom stereocenters. The highest BCUT2D eigenvalue weighted by molar-refractivity contribution is 5.28. The van der Waals surface area contributed by atoms with Crippen LogP contribution in [0, 0.1) is 12.7 Å². The second-order valence-electron chi connectivity index (χ2n) is 3.95. The van der Waals surface area contributed by atoms with E-state index in [0.717, 1.165) is 17.5 Å². The maximum atomic E-state index is 12.9. The number of nitrogens with two attached hydrogens (primary N) is 1. The molecule has 1 heterocycles. The number of anilines is 1. The Morgan fingerprint density at radius 3 is 2.89 bits per heavy atom. The van der Waals surface area contributed by atoms with E-state index in [9.17, 15) is 4.39 Å². The molecule has 0 aliphatic heterocycles. The van der Waals surface area contributed by atoms with Gasteiger partial charge in [-0.2, -0.15) is 0 Å². The van der Waals surface area contributed by atoms with Crippen LogP contribution in [0.3, 0.4) is 0 Å². The molecule has 6 heteroatoms. The predicted octanol–water partition coefficient (Wildman–Crippen LogP) is 1.63.